The molecule has 0 aromatic carbocycles. The molecule has 1 aliphatic heterocycles. The highest BCUT2D eigenvalue weighted by Gasteiger charge is 2.19. The van der Waals surface area contributed by atoms with Gasteiger partial charge in [-0.2, -0.15) is 0 Å². The molecule has 16 heavy (non-hydrogen) atoms. The summed E-state index contributed by atoms with van der Waals surface area (Å²) >= 11 is 1.65. The van der Waals surface area contributed by atoms with E-state index in [9.17, 15) is 0 Å². The molecule has 1 saturated heterocycles. The van der Waals surface area contributed by atoms with E-state index in [1.54, 1.807) is 11.3 Å². The third kappa shape index (κ3) is 2.66. The topological polar surface area (TPSA) is 69.0 Å². The Hall–Kier alpha value is -0.780. The average molecular weight is 239 g/mol. The molecule has 1 aromatic rings. The molecule has 4 nitrogen and oxygen atoms in total. The maximum atomic E-state index is 8.78. The fourth-order valence-corrected chi connectivity index (χ4v) is 2.93. The van der Waals surface area contributed by atoms with Crippen molar-refractivity contribution in [2.75, 3.05) is 19.7 Å². The second-order valence-electron chi connectivity index (χ2n) is 4.05. The number of aliphatic hydroxyl groups is 1. The summed E-state index contributed by atoms with van der Waals surface area (Å²) < 4.78 is 0. The highest BCUT2D eigenvalue weighted by molar-refractivity contribution is 7.09. The van der Waals surface area contributed by atoms with Gasteiger partial charge in [0.1, 0.15) is 0 Å². The molecule has 0 unspecified atom stereocenters. The molecule has 3 N–H and O–H groups in total. The van der Waals surface area contributed by atoms with E-state index in [0.29, 0.717) is 18.1 Å². The van der Waals surface area contributed by atoms with Crippen molar-refractivity contribution < 1.29 is 5.11 Å². The van der Waals surface area contributed by atoms with Crippen molar-refractivity contribution in [1.29, 1.82) is 5.41 Å². The Morgan fingerprint density at radius 1 is 1.56 bits per heavy atom. The third-order valence-electron chi connectivity index (χ3n) is 2.88. The number of aromatic nitrogens is 1. The lowest BCUT2D eigenvalue weighted by molar-refractivity contribution is 0.307. The molecular weight excluding hydrogens is 222 g/mol. The molecule has 88 valence electrons. The first-order valence-corrected chi connectivity index (χ1v) is 6.54. The third-order valence-corrected chi connectivity index (χ3v) is 3.89. The Balaban J connectivity index is 2.03. The maximum Gasteiger partial charge on any atom is 0.0965 e. The summed E-state index contributed by atoms with van der Waals surface area (Å²) in [7, 11) is 0. The van der Waals surface area contributed by atoms with Gasteiger partial charge in [-0.25, -0.2) is 4.98 Å². The van der Waals surface area contributed by atoms with Crippen molar-refractivity contribution in [3.8, 4) is 0 Å². The zero-order valence-corrected chi connectivity index (χ0v) is 10.0. The Morgan fingerprint density at radius 2 is 2.31 bits per heavy atom. The Labute approximate surface area is 99.2 Å². The van der Waals surface area contributed by atoms with Gasteiger partial charge in [-0.1, -0.05) is 0 Å². The zero-order chi connectivity index (χ0) is 11.4. The van der Waals surface area contributed by atoms with E-state index in [0.717, 1.165) is 36.6 Å². The van der Waals surface area contributed by atoms with Crippen LogP contribution in [0, 0.1) is 5.41 Å². The predicted octanol–water partition coefficient (Wildman–Crippen LogP) is 1.36. The first-order valence-electron chi connectivity index (χ1n) is 5.66. The van der Waals surface area contributed by atoms with E-state index in [1.807, 2.05) is 5.38 Å². The van der Waals surface area contributed by atoms with E-state index in [4.69, 9.17) is 10.5 Å². The number of nitrogens with zero attached hydrogens (tertiary/aromatic N) is 1. The van der Waals surface area contributed by atoms with Gasteiger partial charge in [0.2, 0.25) is 0 Å². The summed E-state index contributed by atoms with van der Waals surface area (Å²) in [6.07, 6.45) is 2.68. The second kappa shape index (κ2) is 5.52. The Kier molecular flexibility index (Phi) is 4.04. The average Bonchev–Trinajstić information content (AvgIpc) is 2.80. The molecule has 0 spiro atoms. The highest BCUT2D eigenvalue weighted by Crippen LogP contribution is 2.28. The maximum absolute atomic E-state index is 8.78. The van der Waals surface area contributed by atoms with Gasteiger partial charge in [-0.15, -0.1) is 11.3 Å². The first-order chi connectivity index (χ1) is 7.81. The fourth-order valence-electron chi connectivity index (χ4n) is 1.92. The van der Waals surface area contributed by atoms with Crippen LogP contribution in [-0.4, -0.2) is 35.5 Å². The lowest BCUT2D eigenvalue weighted by atomic mass is 9.99. The van der Waals surface area contributed by atoms with E-state index in [2.05, 4.69) is 10.3 Å². The van der Waals surface area contributed by atoms with Crippen LogP contribution in [0.2, 0.25) is 0 Å². The minimum atomic E-state index is 0.0268. The van der Waals surface area contributed by atoms with E-state index < -0.39 is 0 Å². The Morgan fingerprint density at radius 3 is 3.00 bits per heavy atom. The molecule has 0 amide bonds. The van der Waals surface area contributed by atoms with Crippen molar-refractivity contribution in [3.05, 3.63) is 16.1 Å². The molecule has 5 heteroatoms. The monoisotopic (exact) mass is 239 g/mol. The van der Waals surface area contributed by atoms with Crippen molar-refractivity contribution >= 4 is 17.0 Å². The van der Waals surface area contributed by atoms with Gasteiger partial charge in [0, 0.05) is 24.3 Å². The van der Waals surface area contributed by atoms with Crippen LogP contribution in [0.15, 0.2) is 5.38 Å². The van der Waals surface area contributed by atoms with Crippen LogP contribution in [-0.2, 0) is 0 Å². The normalized spacial score (nSPS) is 17.6. The van der Waals surface area contributed by atoms with E-state index >= 15 is 0 Å². The zero-order valence-electron chi connectivity index (χ0n) is 9.20. The minimum Gasteiger partial charge on any atom is -0.396 e. The smallest absolute Gasteiger partial charge is 0.0965 e. The Bertz CT molecular complexity index is 358. The number of nitrogens with one attached hydrogen (secondary N) is 2. The van der Waals surface area contributed by atoms with Crippen LogP contribution >= 0.6 is 11.3 Å². The van der Waals surface area contributed by atoms with Crippen LogP contribution in [0.3, 0.4) is 0 Å². The summed E-state index contributed by atoms with van der Waals surface area (Å²) in [6.45, 7) is 2.15. The van der Waals surface area contributed by atoms with Gasteiger partial charge in [0.15, 0.2) is 0 Å². The molecule has 2 heterocycles. The van der Waals surface area contributed by atoms with Gasteiger partial charge in [-0.05, 0) is 25.9 Å². The number of hydrogen-bond acceptors (Lipinski definition) is 5. The molecule has 1 aromatic heterocycles. The van der Waals surface area contributed by atoms with Crippen LogP contribution in [0.4, 0.5) is 0 Å². The number of rotatable bonds is 4. The fraction of sp³-hybridized carbons (Fsp3) is 0.636. The van der Waals surface area contributed by atoms with Crippen molar-refractivity contribution in [3.63, 3.8) is 0 Å². The summed E-state index contributed by atoms with van der Waals surface area (Å²) in [5, 5.41) is 22.9. The van der Waals surface area contributed by atoms with Gasteiger partial charge in [-0.3, -0.25) is 0 Å². The summed E-state index contributed by atoms with van der Waals surface area (Å²) in [4.78, 5) is 4.51. The number of piperidine rings is 1. The summed E-state index contributed by atoms with van der Waals surface area (Å²) in [5.74, 6) is 0.557. The van der Waals surface area contributed by atoms with E-state index in [1.165, 1.54) is 0 Å². The largest absolute Gasteiger partial charge is 0.396 e. The molecule has 0 atom stereocenters. The number of hydrogen-bond donors (Lipinski definition) is 3. The van der Waals surface area contributed by atoms with Gasteiger partial charge < -0.3 is 15.8 Å². The molecule has 0 radical (unpaired) electrons. The van der Waals surface area contributed by atoms with Gasteiger partial charge in [0.25, 0.3) is 0 Å². The minimum absolute atomic E-state index is 0.0268. The molecule has 0 saturated carbocycles. The second-order valence-corrected chi connectivity index (χ2v) is 4.94. The van der Waals surface area contributed by atoms with Crippen LogP contribution in [0.25, 0.3) is 0 Å². The summed E-state index contributed by atoms with van der Waals surface area (Å²) in [5.41, 5.74) is 1.19. The molecule has 1 fully saturated rings. The molecule has 2 rings (SSSR count). The van der Waals surface area contributed by atoms with Crippen LogP contribution in [0.5, 0.6) is 0 Å². The lowest BCUT2D eigenvalue weighted by Crippen LogP contribution is -2.26. The molecule has 0 bridgehead atoms. The predicted molar refractivity (Wildman–Crippen MR) is 65.5 cm³/mol. The van der Waals surface area contributed by atoms with Gasteiger partial charge >= 0.3 is 0 Å². The number of aliphatic hydroxyl groups excluding tert-OH is 1. The van der Waals surface area contributed by atoms with Crippen molar-refractivity contribution in [1.82, 2.24) is 10.3 Å². The molecule has 1 aliphatic rings. The first kappa shape index (κ1) is 11.7. The highest BCUT2D eigenvalue weighted by atomic mass is 32.1. The number of thiazole rings is 1. The summed E-state index contributed by atoms with van der Waals surface area (Å²) in [6, 6.07) is 0. The van der Waals surface area contributed by atoms with Crippen molar-refractivity contribution in [2.24, 2.45) is 0 Å². The molecule has 0 aliphatic carbocycles. The quantitative estimate of drug-likeness (QED) is 0.695. The molecular formula is C11H17N3OS. The van der Waals surface area contributed by atoms with Gasteiger partial charge in [0.05, 0.1) is 16.4 Å². The SMILES string of the molecule is N=C(CCO)c1csc(C2CCNCC2)n1. The lowest BCUT2D eigenvalue weighted by Gasteiger charge is -2.20. The van der Waals surface area contributed by atoms with Crippen LogP contribution < -0.4 is 5.32 Å². The van der Waals surface area contributed by atoms with Crippen LogP contribution in [0.1, 0.15) is 35.9 Å². The van der Waals surface area contributed by atoms with Crippen molar-refractivity contribution in [2.45, 2.75) is 25.2 Å². The standard InChI is InChI=1S/C11H17N3OS/c12-9(3-6-15)10-7-16-11(14-10)8-1-4-13-5-2-8/h7-8,12-13,15H,1-6H2. The van der Waals surface area contributed by atoms with E-state index in [-0.39, 0.29) is 6.61 Å².